The van der Waals surface area contributed by atoms with E-state index in [1.54, 1.807) is 0 Å². The molecule has 1 atom stereocenters. The molecule has 4 N–H and O–H groups in total. The Morgan fingerprint density at radius 1 is 1.35 bits per heavy atom. The number of carbonyl (C=O) groups is 1. The Balaban J connectivity index is 2.49. The fourth-order valence-electron chi connectivity index (χ4n) is 1.76. The van der Waals surface area contributed by atoms with Crippen molar-refractivity contribution in [3.63, 3.8) is 0 Å². The van der Waals surface area contributed by atoms with Gasteiger partial charge in [0.05, 0.1) is 11.8 Å². The van der Waals surface area contributed by atoms with Gasteiger partial charge in [0.1, 0.15) is 0 Å². The number of hydrogen-bond donors (Lipinski definition) is 3. The third-order valence-electron chi connectivity index (χ3n) is 2.87. The van der Waals surface area contributed by atoms with Crippen molar-refractivity contribution in [1.82, 2.24) is 5.32 Å². The maximum absolute atomic E-state index is 11.4. The molecule has 0 heterocycles. The van der Waals surface area contributed by atoms with Crippen LogP contribution in [0.25, 0.3) is 0 Å². The number of benzene rings is 1. The highest BCUT2D eigenvalue weighted by molar-refractivity contribution is 7.85. The van der Waals surface area contributed by atoms with Gasteiger partial charge in [0.25, 0.3) is 10.1 Å². The molecule has 1 amide bonds. The van der Waals surface area contributed by atoms with Crippen LogP contribution in [0.5, 0.6) is 0 Å². The quantitative estimate of drug-likeness (QED) is 0.471. The first-order chi connectivity index (χ1) is 9.28. The molecule has 0 saturated heterocycles. The SMILES string of the molecule is Cc1ccc(CC(NCCCS(=O)(=O)O)C(N)=O)cc1. The van der Waals surface area contributed by atoms with Gasteiger partial charge < -0.3 is 11.1 Å². The molecule has 112 valence electrons. The van der Waals surface area contributed by atoms with Crippen LogP contribution in [-0.4, -0.2) is 37.2 Å². The van der Waals surface area contributed by atoms with Gasteiger partial charge in [-0.2, -0.15) is 8.42 Å². The summed E-state index contributed by atoms with van der Waals surface area (Å²) in [6.07, 6.45) is 0.665. The molecule has 0 bridgehead atoms. The van der Waals surface area contributed by atoms with Crippen molar-refractivity contribution >= 4 is 16.0 Å². The fraction of sp³-hybridized carbons (Fsp3) is 0.462. The molecule has 0 fully saturated rings. The van der Waals surface area contributed by atoms with Gasteiger partial charge in [-0.1, -0.05) is 29.8 Å². The standard InChI is InChI=1S/C13H20N2O4S/c1-10-3-5-11(6-4-10)9-12(13(14)16)15-7-2-8-20(17,18)19/h3-6,12,15H,2,7-9H2,1H3,(H2,14,16)(H,17,18,19). The van der Waals surface area contributed by atoms with Crippen LogP contribution in [0, 0.1) is 6.92 Å². The summed E-state index contributed by atoms with van der Waals surface area (Å²) in [6, 6.07) is 7.19. The Morgan fingerprint density at radius 2 is 1.95 bits per heavy atom. The molecule has 0 saturated carbocycles. The zero-order chi connectivity index (χ0) is 15.2. The molecule has 0 spiro atoms. The number of aryl methyl sites for hydroxylation is 1. The first-order valence-electron chi connectivity index (χ1n) is 6.31. The summed E-state index contributed by atoms with van der Waals surface area (Å²) in [4.78, 5) is 11.4. The molecule has 1 unspecified atom stereocenters. The number of nitrogens with one attached hydrogen (secondary N) is 1. The number of primary amides is 1. The maximum atomic E-state index is 11.4. The second kappa shape index (κ2) is 7.37. The van der Waals surface area contributed by atoms with Crippen LogP contribution in [0.15, 0.2) is 24.3 Å². The van der Waals surface area contributed by atoms with Crippen LogP contribution in [0.3, 0.4) is 0 Å². The van der Waals surface area contributed by atoms with Gasteiger partial charge in [-0.3, -0.25) is 9.35 Å². The highest BCUT2D eigenvalue weighted by Gasteiger charge is 2.15. The Morgan fingerprint density at radius 3 is 2.45 bits per heavy atom. The van der Waals surface area contributed by atoms with Gasteiger partial charge in [-0.25, -0.2) is 0 Å². The van der Waals surface area contributed by atoms with Crippen LogP contribution >= 0.6 is 0 Å². The van der Waals surface area contributed by atoms with Crippen LogP contribution in [-0.2, 0) is 21.3 Å². The molecule has 7 heteroatoms. The second-order valence-corrected chi connectivity index (χ2v) is 6.31. The van der Waals surface area contributed by atoms with E-state index in [-0.39, 0.29) is 12.2 Å². The summed E-state index contributed by atoms with van der Waals surface area (Å²) in [7, 11) is -3.96. The summed E-state index contributed by atoms with van der Waals surface area (Å²) in [5, 5.41) is 2.90. The van der Waals surface area contributed by atoms with Crippen LogP contribution in [0.1, 0.15) is 17.5 Å². The third kappa shape index (κ3) is 6.65. The van der Waals surface area contributed by atoms with E-state index in [9.17, 15) is 13.2 Å². The number of hydrogen-bond acceptors (Lipinski definition) is 4. The van der Waals surface area contributed by atoms with E-state index in [2.05, 4.69) is 5.32 Å². The first-order valence-corrected chi connectivity index (χ1v) is 7.92. The lowest BCUT2D eigenvalue weighted by Crippen LogP contribution is -2.43. The number of nitrogens with two attached hydrogens (primary N) is 1. The molecule has 6 nitrogen and oxygen atoms in total. The van der Waals surface area contributed by atoms with E-state index in [0.29, 0.717) is 13.0 Å². The molecule has 0 aliphatic heterocycles. The van der Waals surface area contributed by atoms with Crippen molar-refractivity contribution in [2.24, 2.45) is 5.73 Å². The van der Waals surface area contributed by atoms with Gasteiger partial charge in [0, 0.05) is 0 Å². The average Bonchev–Trinajstić information content (AvgIpc) is 2.34. The molecular formula is C13H20N2O4S. The Bertz CT molecular complexity index is 540. The molecule has 1 aromatic carbocycles. The Kier molecular flexibility index (Phi) is 6.12. The van der Waals surface area contributed by atoms with Crippen molar-refractivity contribution in [1.29, 1.82) is 0 Å². The predicted molar refractivity (Wildman–Crippen MR) is 76.9 cm³/mol. The van der Waals surface area contributed by atoms with E-state index >= 15 is 0 Å². The molecular weight excluding hydrogens is 280 g/mol. The largest absolute Gasteiger partial charge is 0.368 e. The summed E-state index contributed by atoms with van der Waals surface area (Å²) >= 11 is 0. The topological polar surface area (TPSA) is 109 Å². The minimum Gasteiger partial charge on any atom is -0.368 e. The van der Waals surface area contributed by atoms with Gasteiger partial charge in [-0.05, 0) is 31.9 Å². The van der Waals surface area contributed by atoms with E-state index in [1.807, 2.05) is 31.2 Å². The van der Waals surface area contributed by atoms with E-state index in [4.69, 9.17) is 10.3 Å². The molecule has 0 aromatic heterocycles. The molecule has 1 rings (SSSR count). The minimum absolute atomic E-state index is 0.219. The van der Waals surface area contributed by atoms with Crippen molar-refractivity contribution < 1.29 is 17.8 Å². The van der Waals surface area contributed by atoms with E-state index < -0.39 is 22.1 Å². The van der Waals surface area contributed by atoms with Crippen molar-refractivity contribution in [2.75, 3.05) is 12.3 Å². The number of rotatable bonds is 8. The van der Waals surface area contributed by atoms with E-state index in [0.717, 1.165) is 11.1 Å². The lowest BCUT2D eigenvalue weighted by molar-refractivity contribution is -0.120. The highest BCUT2D eigenvalue weighted by Crippen LogP contribution is 2.06. The molecule has 0 radical (unpaired) electrons. The number of carbonyl (C=O) groups excluding carboxylic acids is 1. The Labute approximate surface area is 119 Å². The zero-order valence-corrected chi connectivity index (χ0v) is 12.2. The summed E-state index contributed by atoms with van der Waals surface area (Å²) in [6.45, 7) is 2.27. The zero-order valence-electron chi connectivity index (χ0n) is 11.4. The monoisotopic (exact) mass is 300 g/mol. The Hall–Kier alpha value is -1.44. The van der Waals surface area contributed by atoms with Crippen LogP contribution in [0.2, 0.25) is 0 Å². The van der Waals surface area contributed by atoms with Gasteiger partial charge in [-0.15, -0.1) is 0 Å². The van der Waals surface area contributed by atoms with Crippen LogP contribution < -0.4 is 11.1 Å². The number of amides is 1. The summed E-state index contributed by atoms with van der Waals surface area (Å²) < 4.78 is 29.7. The van der Waals surface area contributed by atoms with Gasteiger partial charge >= 0.3 is 0 Å². The van der Waals surface area contributed by atoms with Crippen molar-refractivity contribution in [3.05, 3.63) is 35.4 Å². The lowest BCUT2D eigenvalue weighted by Gasteiger charge is -2.15. The molecule has 0 aliphatic carbocycles. The third-order valence-corrected chi connectivity index (χ3v) is 3.68. The van der Waals surface area contributed by atoms with Crippen molar-refractivity contribution in [2.45, 2.75) is 25.8 Å². The van der Waals surface area contributed by atoms with Crippen molar-refractivity contribution in [3.8, 4) is 0 Å². The average molecular weight is 300 g/mol. The summed E-state index contributed by atoms with van der Waals surface area (Å²) in [5.74, 6) is -0.826. The van der Waals surface area contributed by atoms with Crippen LogP contribution in [0.4, 0.5) is 0 Å². The second-order valence-electron chi connectivity index (χ2n) is 4.74. The van der Waals surface area contributed by atoms with Gasteiger partial charge in [0.2, 0.25) is 5.91 Å². The van der Waals surface area contributed by atoms with Gasteiger partial charge in [0.15, 0.2) is 0 Å². The lowest BCUT2D eigenvalue weighted by atomic mass is 10.0. The first kappa shape index (κ1) is 16.6. The molecule has 0 aliphatic rings. The minimum atomic E-state index is -3.96. The fourth-order valence-corrected chi connectivity index (χ4v) is 2.27. The maximum Gasteiger partial charge on any atom is 0.264 e. The highest BCUT2D eigenvalue weighted by atomic mass is 32.2. The molecule has 20 heavy (non-hydrogen) atoms. The summed E-state index contributed by atoms with van der Waals surface area (Å²) in [5.41, 5.74) is 7.42. The normalized spacial score (nSPS) is 13.1. The smallest absolute Gasteiger partial charge is 0.264 e. The predicted octanol–water partition coefficient (Wildman–Crippen LogP) is 0.259. The molecule has 1 aromatic rings. The van der Waals surface area contributed by atoms with E-state index in [1.165, 1.54) is 0 Å².